The first-order valence-corrected chi connectivity index (χ1v) is 3.57. The molecule has 0 amide bonds. The van der Waals surface area contributed by atoms with Crippen LogP contribution in [0.15, 0.2) is 18.2 Å². The molecule has 1 rings (SSSR count). The van der Waals surface area contributed by atoms with Gasteiger partial charge in [0.2, 0.25) is 0 Å². The molecule has 0 spiro atoms. The number of rotatable bonds is 1. The van der Waals surface area contributed by atoms with E-state index in [2.05, 4.69) is 10.5 Å². The Kier molecular flexibility index (Phi) is 4.22. The van der Waals surface area contributed by atoms with E-state index >= 15 is 0 Å². The van der Waals surface area contributed by atoms with Gasteiger partial charge in [0, 0.05) is 11.6 Å². The maximum Gasteiger partial charge on any atom is 0.573 e. The zero-order valence-electron chi connectivity index (χ0n) is 7.36. The summed E-state index contributed by atoms with van der Waals surface area (Å²) in [6.07, 6.45) is -4.63. The van der Waals surface area contributed by atoms with Crippen LogP contribution in [-0.4, -0.2) is 6.36 Å². The topological polar surface area (TPSA) is 36.9 Å². The first-order chi connectivity index (χ1) is 5.88. The Morgan fingerprint density at radius 1 is 1.29 bits per heavy atom. The SMILES string of the molecule is Cc1cc(OC(F)(F)F)ccc1[NH3+].[Cl-]. The number of aryl methyl sites for hydroxylation is 1. The fourth-order valence-corrected chi connectivity index (χ4v) is 0.865. The first kappa shape index (κ1) is 13.1. The molecule has 1 aromatic rings. The smallest absolute Gasteiger partial charge is 0.573 e. The normalized spacial score (nSPS) is 10.6. The number of alkyl halides is 3. The van der Waals surface area contributed by atoms with Gasteiger partial charge in [0.25, 0.3) is 0 Å². The zero-order chi connectivity index (χ0) is 10.1. The lowest BCUT2D eigenvalue weighted by Gasteiger charge is -2.08. The number of benzene rings is 1. The summed E-state index contributed by atoms with van der Waals surface area (Å²) in [5.41, 5.74) is 4.98. The second-order valence-electron chi connectivity index (χ2n) is 2.64. The predicted molar refractivity (Wildman–Crippen MR) is 40.4 cm³/mol. The lowest BCUT2D eigenvalue weighted by molar-refractivity contribution is -0.275. The van der Waals surface area contributed by atoms with Crippen molar-refractivity contribution < 1.29 is 36.0 Å². The summed E-state index contributed by atoms with van der Waals surface area (Å²) in [5, 5.41) is 0. The predicted octanol–water partition coefficient (Wildman–Crippen LogP) is -1.23. The first-order valence-electron chi connectivity index (χ1n) is 3.57. The van der Waals surface area contributed by atoms with Crippen molar-refractivity contribution in [3.8, 4) is 5.75 Å². The van der Waals surface area contributed by atoms with Crippen molar-refractivity contribution >= 4 is 5.69 Å². The molecule has 0 heterocycles. The molecule has 3 N–H and O–H groups in total. The molecule has 0 bridgehead atoms. The average molecular weight is 228 g/mol. The van der Waals surface area contributed by atoms with Crippen LogP contribution < -0.4 is 22.9 Å². The Morgan fingerprint density at radius 2 is 1.86 bits per heavy atom. The lowest BCUT2D eigenvalue weighted by atomic mass is 10.2. The summed E-state index contributed by atoms with van der Waals surface area (Å²) in [5.74, 6) is -0.211. The molecule has 0 aliphatic rings. The third-order valence-electron chi connectivity index (χ3n) is 1.55. The van der Waals surface area contributed by atoms with E-state index in [-0.39, 0.29) is 18.2 Å². The molecule has 0 unspecified atom stereocenters. The highest BCUT2D eigenvalue weighted by Crippen LogP contribution is 2.24. The van der Waals surface area contributed by atoms with Gasteiger partial charge in [0.05, 0.1) is 0 Å². The molecule has 0 radical (unpaired) electrons. The third-order valence-corrected chi connectivity index (χ3v) is 1.55. The molecule has 80 valence electrons. The van der Waals surface area contributed by atoms with Crippen molar-refractivity contribution in [1.29, 1.82) is 0 Å². The Hall–Kier alpha value is -0.940. The Bertz CT molecular complexity index is 314. The van der Waals surface area contributed by atoms with Crippen LogP contribution in [0.2, 0.25) is 0 Å². The molecule has 0 saturated carbocycles. The van der Waals surface area contributed by atoms with E-state index < -0.39 is 6.36 Å². The highest BCUT2D eigenvalue weighted by molar-refractivity contribution is 5.42. The monoisotopic (exact) mass is 227 g/mol. The van der Waals surface area contributed by atoms with Crippen LogP contribution in [0.3, 0.4) is 0 Å². The zero-order valence-corrected chi connectivity index (χ0v) is 8.12. The summed E-state index contributed by atoms with van der Waals surface area (Å²) in [6.45, 7) is 1.67. The quantitative estimate of drug-likeness (QED) is 0.641. The number of hydrogen-bond donors (Lipinski definition) is 1. The standard InChI is InChI=1S/C8H8F3NO.ClH/c1-5-4-6(2-3-7(5)12)13-8(9,10)11;/h2-4H,12H2,1H3;1H. The van der Waals surface area contributed by atoms with Gasteiger partial charge in [-0.3, -0.25) is 0 Å². The maximum atomic E-state index is 11.7. The minimum Gasteiger partial charge on any atom is -1.00 e. The van der Waals surface area contributed by atoms with Gasteiger partial charge in [-0.05, 0) is 19.1 Å². The Labute approximate surface area is 85.3 Å². The minimum atomic E-state index is -4.63. The fourth-order valence-electron chi connectivity index (χ4n) is 0.865. The summed E-state index contributed by atoms with van der Waals surface area (Å²) in [4.78, 5) is 0. The van der Waals surface area contributed by atoms with Crippen LogP contribution >= 0.6 is 0 Å². The molecule has 2 nitrogen and oxygen atoms in total. The van der Waals surface area contributed by atoms with E-state index in [1.165, 1.54) is 18.2 Å². The highest BCUT2D eigenvalue weighted by Gasteiger charge is 2.31. The molecule has 0 saturated heterocycles. The average Bonchev–Trinajstić information content (AvgIpc) is 1.94. The van der Waals surface area contributed by atoms with Crippen LogP contribution in [-0.2, 0) is 0 Å². The Balaban J connectivity index is 0.00000169. The van der Waals surface area contributed by atoms with Crippen molar-refractivity contribution in [2.24, 2.45) is 0 Å². The van der Waals surface area contributed by atoms with Crippen molar-refractivity contribution in [2.45, 2.75) is 13.3 Å². The van der Waals surface area contributed by atoms with Crippen molar-refractivity contribution in [1.82, 2.24) is 0 Å². The van der Waals surface area contributed by atoms with Gasteiger partial charge >= 0.3 is 6.36 Å². The van der Waals surface area contributed by atoms with Crippen molar-refractivity contribution in [2.75, 3.05) is 0 Å². The van der Waals surface area contributed by atoms with E-state index in [1.54, 1.807) is 6.92 Å². The van der Waals surface area contributed by atoms with Crippen LogP contribution in [0.4, 0.5) is 18.9 Å². The van der Waals surface area contributed by atoms with Gasteiger partial charge in [0.1, 0.15) is 11.4 Å². The second kappa shape index (κ2) is 4.52. The number of hydrogen-bond acceptors (Lipinski definition) is 1. The van der Waals surface area contributed by atoms with Gasteiger partial charge in [-0.2, -0.15) is 0 Å². The molecule has 0 aliphatic heterocycles. The van der Waals surface area contributed by atoms with E-state index in [9.17, 15) is 13.2 Å². The van der Waals surface area contributed by atoms with E-state index in [1.807, 2.05) is 0 Å². The van der Waals surface area contributed by atoms with Gasteiger partial charge < -0.3 is 22.9 Å². The minimum absolute atomic E-state index is 0. The van der Waals surface area contributed by atoms with E-state index in [0.29, 0.717) is 11.3 Å². The molecule has 0 aliphatic carbocycles. The van der Waals surface area contributed by atoms with Gasteiger partial charge in [-0.15, -0.1) is 13.2 Å². The van der Waals surface area contributed by atoms with E-state index in [4.69, 9.17) is 0 Å². The number of quaternary nitrogens is 1. The second-order valence-corrected chi connectivity index (χ2v) is 2.64. The molecular formula is C8H9ClF3NO. The van der Waals surface area contributed by atoms with Crippen LogP contribution in [0.5, 0.6) is 5.75 Å². The maximum absolute atomic E-state index is 11.7. The molecule has 0 aromatic heterocycles. The van der Waals surface area contributed by atoms with Crippen LogP contribution in [0, 0.1) is 6.92 Å². The summed E-state index contributed by atoms with van der Waals surface area (Å²) in [6, 6.07) is 4.02. The number of ether oxygens (including phenoxy) is 1. The fraction of sp³-hybridized carbons (Fsp3) is 0.250. The summed E-state index contributed by atoms with van der Waals surface area (Å²) in [7, 11) is 0. The lowest BCUT2D eigenvalue weighted by Crippen LogP contribution is -3.00. The largest absolute Gasteiger partial charge is 1.00 e. The molecule has 14 heavy (non-hydrogen) atoms. The third kappa shape index (κ3) is 3.85. The Morgan fingerprint density at radius 3 is 2.29 bits per heavy atom. The van der Waals surface area contributed by atoms with Crippen molar-refractivity contribution in [3.63, 3.8) is 0 Å². The molecule has 0 atom stereocenters. The summed E-state index contributed by atoms with van der Waals surface area (Å²) >= 11 is 0. The van der Waals surface area contributed by atoms with Gasteiger partial charge in [0.15, 0.2) is 0 Å². The van der Waals surface area contributed by atoms with Crippen molar-refractivity contribution in [3.05, 3.63) is 23.8 Å². The van der Waals surface area contributed by atoms with Crippen LogP contribution in [0.25, 0.3) is 0 Å². The molecule has 1 aromatic carbocycles. The van der Waals surface area contributed by atoms with Gasteiger partial charge in [-0.25, -0.2) is 0 Å². The number of halogens is 4. The summed E-state index contributed by atoms with van der Waals surface area (Å²) < 4.78 is 38.9. The van der Waals surface area contributed by atoms with Gasteiger partial charge in [-0.1, -0.05) is 0 Å². The highest BCUT2D eigenvalue weighted by atomic mass is 35.5. The molecule has 6 heteroatoms. The van der Waals surface area contributed by atoms with Crippen LogP contribution in [0.1, 0.15) is 5.56 Å². The molecular weight excluding hydrogens is 219 g/mol. The van der Waals surface area contributed by atoms with E-state index in [0.717, 1.165) is 0 Å². The molecule has 0 fully saturated rings.